The summed E-state index contributed by atoms with van der Waals surface area (Å²) in [6.07, 6.45) is 1.11. The predicted molar refractivity (Wildman–Crippen MR) is 73.9 cm³/mol. The lowest BCUT2D eigenvalue weighted by atomic mass is 10.2. The molecule has 1 aromatic carbocycles. The summed E-state index contributed by atoms with van der Waals surface area (Å²) in [7, 11) is 0. The van der Waals surface area contributed by atoms with Crippen molar-refractivity contribution in [3.8, 4) is 5.75 Å². The molecule has 0 heterocycles. The van der Waals surface area contributed by atoms with Gasteiger partial charge in [0.15, 0.2) is 0 Å². The lowest BCUT2D eigenvalue weighted by Gasteiger charge is -2.22. The fraction of sp³-hybridized carbons (Fsp3) is 0.500. The van der Waals surface area contributed by atoms with Crippen molar-refractivity contribution in [2.75, 3.05) is 18.0 Å². The molecule has 0 aliphatic heterocycles. The molecule has 18 heavy (non-hydrogen) atoms. The molecule has 0 fully saturated rings. The molecular formula is C14H22N2O2. The smallest absolute Gasteiger partial charge is 0.328 e. The maximum Gasteiger partial charge on any atom is 0.328 e. The second-order valence-electron chi connectivity index (χ2n) is 4.28. The van der Waals surface area contributed by atoms with Gasteiger partial charge in [0.25, 0.3) is 0 Å². The molecule has 0 saturated heterocycles. The van der Waals surface area contributed by atoms with Gasteiger partial charge in [-0.3, -0.25) is 0 Å². The molecule has 4 nitrogen and oxygen atoms in total. The topological polar surface area (TPSA) is 55.6 Å². The molecule has 0 aliphatic rings. The van der Waals surface area contributed by atoms with Gasteiger partial charge in [-0.2, -0.15) is 0 Å². The van der Waals surface area contributed by atoms with Crippen molar-refractivity contribution in [3.05, 3.63) is 24.3 Å². The minimum absolute atomic E-state index is 0.413. The molecule has 1 atom stereocenters. The van der Waals surface area contributed by atoms with Gasteiger partial charge in [0.1, 0.15) is 11.8 Å². The fourth-order valence-electron chi connectivity index (χ4n) is 1.67. The van der Waals surface area contributed by atoms with Crippen LogP contribution in [0.25, 0.3) is 0 Å². The summed E-state index contributed by atoms with van der Waals surface area (Å²) in [5.41, 5.74) is 6.58. The Balaban J connectivity index is 2.70. The summed E-state index contributed by atoms with van der Waals surface area (Å²) < 4.78 is 5.12. The van der Waals surface area contributed by atoms with Gasteiger partial charge in [0, 0.05) is 18.8 Å². The van der Waals surface area contributed by atoms with E-state index in [1.165, 1.54) is 0 Å². The molecule has 0 spiro atoms. The van der Waals surface area contributed by atoms with E-state index in [0.717, 1.165) is 25.2 Å². The summed E-state index contributed by atoms with van der Waals surface area (Å²) in [5, 5.41) is 0. The van der Waals surface area contributed by atoms with Crippen molar-refractivity contribution in [1.29, 1.82) is 0 Å². The maximum absolute atomic E-state index is 11.3. The predicted octanol–water partition coefficient (Wildman–Crippen LogP) is 2.18. The first-order valence-corrected chi connectivity index (χ1v) is 6.40. The lowest BCUT2D eigenvalue weighted by Crippen LogP contribution is -2.30. The largest absolute Gasteiger partial charge is 0.425 e. The quantitative estimate of drug-likeness (QED) is 0.621. The van der Waals surface area contributed by atoms with E-state index in [0.29, 0.717) is 5.75 Å². The highest BCUT2D eigenvalue weighted by Crippen LogP contribution is 2.19. The Morgan fingerprint density at radius 3 is 2.39 bits per heavy atom. The number of nitrogens with zero attached hydrogens (tertiary/aromatic N) is 1. The van der Waals surface area contributed by atoms with Crippen molar-refractivity contribution in [1.82, 2.24) is 0 Å². The number of hydrogen-bond donors (Lipinski definition) is 1. The molecule has 2 N–H and O–H groups in total. The zero-order valence-corrected chi connectivity index (χ0v) is 11.3. The van der Waals surface area contributed by atoms with Crippen molar-refractivity contribution in [3.63, 3.8) is 0 Å². The Kier molecular flexibility index (Phi) is 5.65. The molecule has 0 amide bonds. The van der Waals surface area contributed by atoms with Crippen LogP contribution < -0.4 is 15.4 Å². The number of carbonyl (C=O) groups excluding carboxylic acids is 1. The van der Waals surface area contributed by atoms with Gasteiger partial charge < -0.3 is 15.4 Å². The zero-order valence-electron chi connectivity index (χ0n) is 11.3. The molecule has 4 heteroatoms. The Hall–Kier alpha value is -1.55. The molecule has 0 radical (unpaired) electrons. The van der Waals surface area contributed by atoms with Crippen LogP contribution in [0.3, 0.4) is 0 Å². The second kappa shape index (κ2) is 7.01. The van der Waals surface area contributed by atoms with Gasteiger partial charge in [-0.25, -0.2) is 4.79 Å². The van der Waals surface area contributed by atoms with Gasteiger partial charge in [-0.1, -0.05) is 6.92 Å². The van der Waals surface area contributed by atoms with Gasteiger partial charge in [0.05, 0.1) is 0 Å². The van der Waals surface area contributed by atoms with E-state index < -0.39 is 12.0 Å². The van der Waals surface area contributed by atoms with Crippen molar-refractivity contribution in [2.45, 2.75) is 33.2 Å². The van der Waals surface area contributed by atoms with Gasteiger partial charge in [-0.05, 0) is 44.5 Å². The van der Waals surface area contributed by atoms with Crippen LogP contribution in [0.1, 0.15) is 27.2 Å². The van der Waals surface area contributed by atoms with Crippen LogP contribution in [0.5, 0.6) is 5.75 Å². The van der Waals surface area contributed by atoms with Crippen LogP contribution >= 0.6 is 0 Å². The van der Waals surface area contributed by atoms with Crippen LogP contribution in [0.15, 0.2) is 24.3 Å². The van der Waals surface area contributed by atoms with E-state index in [4.69, 9.17) is 10.5 Å². The van der Waals surface area contributed by atoms with E-state index >= 15 is 0 Å². The number of benzene rings is 1. The monoisotopic (exact) mass is 250 g/mol. The molecule has 0 unspecified atom stereocenters. The van der Waals surface area contributed by atoms with E-state index in [1.807, 2.05) is 12.1 Å². The van der Waals surface area contributed by atoms with Crippen LogP contribution in [-0.2, 0) is 4.79 Å². The third kappa shape index (κ3) is 4.04. The minimum atomic E-state index is -0.600. The van der Waals surface area contributed by atoms with E-state index in [1.54, 1.807) is 19.1 Å². The highest BCUT2D eigenvalue weighted by atomic mass is 16.5. The highest BCUT2D eigenvalue weighted by Gasteiger charge is 2.10. The first kappa shape index (κ1) is 14.5. The molecule has 0 aliphatic carbocycles. The van der Waals surface area contributed by atoms with Crippen molar-refractivity contribution < 1.29 is 9.53 Å². The Morgan fingerprint density at radius 1 is 1.33 bits per heavy atom. The average Bonchev–Trinajstić information content (AvgIpc) is 2.37. The number of nitrogens with two attached hydrogens (primary N) is 1. The zero-order chi connectivity index (χ0) is 13.5. The van der Waals surface area contributed by atoms with Crippen LogP contribution in [0.2, 0.25) is 0 Å². The standard InChI is InChI=1S/C14H22N2O2/c1-4-10-16(5-2)12-6-8-13(9-7-12)18-14(17)11(3)15/h6-9,11H,4-5,10,15H2,1-3H3/t11-/m0/s1. The van der Waals surface area contributed by atoms with Crippen molar-refractivity contribution in [2.24, 2.45) is 5.73 Å². The number of hydrogen-bond acceptors (Lipinski definition) is 4. The summed E-state index contributed by atoms with van der Waals surface area (Å²) in [6.45, 7) is 7.88. The van der Waals surface area contributed by atoms with Crippen LogP contribution in [-0.4, -0.2) is 25.1 Å². The molecule has 0 saturated carbocycles. The highest BCUT2D eigenvalue weighted by molar-refractivity contribution is 5.77. The summed E-state index contributed by atoms with van der Waals surface area (Å²) in [6, 6.07) is 6.92. The van der Waals surface area contributed by atoms with E-state index in [2.05, 4.69) is 18.7 Å². The number of esters is 1. The Labute approximate surface area is 109 Å². The lowest BCUT2D eigenvalue weighted by molar-refractivity contribution is -0.135. The molecular weight excluding hydrogens is 228 g/mol. The molecule has 1 rings (SSSR count). The third-order valence-electron chi connectivity index (χ3n) is 2.67. The SMILES string of the molecule is CCCN(CC)c1ccc(OC(=O)[C@H](C)N)cc1. The Bertz CT molecular complexity index is 374. The summed E-state index contributed by atoms with van der Waals surface area (Å²) >= 11 is 0. The third-order valence-corrected chi connectivity index (χ3v) is 2.67. The van der Waals surface area contributed by atoms with Gasteiger partial charge >= 0.3 is 5.97 Å². The maximum atomic E-state index is 11.3. The molecule has 100 valence electrons. The number of rotatable bonds is 6. The normalized spacial score (nSPS) is 12.0. The van der Waals surface area contributed by atoms with E-state index in [-0.39, 0.29) is 0 Å². The minimum Gasteiger partial charge on any atom is -0.425 e. The molecule has 1 aromatic rings. The molecule has 0 bridgehead atoms. The number of carbonyl (C=O) groups is 1. The molecule has 0 aromatic heterocycles. The van der Waals surface area contributed by atoms with Crippen molar-refractivity contribution >= 4 is 11.7 Å². The first-order chi connectivity index (χ1) is 8.58. The second-order valence-corrected chi connectivity index (χ2v) is 4.28. The van der Waals surface area contributed by atoms with E-state index in [9.17, 15) is 4.79 Å². The summed E-state index contributed by atoms with van der Waals surface area (Å²) in [4.78, 5) is 13.6. The Morgan fingerprint density at radius 2 is 1.94 bits per heavy atom. The van der Waals surface area contributed by atoms with Gasteiger partial charge in [0.2, 0.25) is 0 Å². The summed E-state index contributed by atoms with van der Waals surface area (Å²) in [5.74, 6) is 0.122. The van der Waals surface area contributed by atoms with Crippen LogP contribution in [0.4, 0.5) is 5.69 Å². The van der Waals surface area contributed by atoms with Gasteiger partial charge in [-0.15, -0.1) is 0 Å². The number of ether oxygens (including phenoxy) is 1. The first-order valence-electron chi connectivity index (χ1n) is 6.40. The van der Waals surface area contributed by atoms with Crippen LogP contribution in [0, 0.1) is 0 Å². The fourth-order valence-corrected chi connectivity index (χ4v) is 1.67. The average molecular weight is 250 g/mol. The number of anilines is 1.